The fourth-order valence-corrected chi connectivity index (χ4v) is 3.96. The van der Waals surface area contributed by atoms with E-state index in [0.717, 1.165) is 30.8 Å². The van der Waals surface area contributed by atoms with Crippen LogP contribution in [0.4, 0.5) is 0 Å². The molecular weight excluding hydrogens is 376 g/mol. The lowest BCUT2D eigenvalue weighted by Gasteiger charge is -2.34. The van der Waals surface area contributed by atoms with E-state index in [2.05, 4.69) is 43.7 Å². The van der Waals surface area contributed by atoms with Crippen molar-refractivity contribution in [2.24, 2.45) is 0 Å². The second kappa shape index (κ2) is 8.06. The van der Waals surface area contributed by atoms with Crippen LogP contribution in [0.3, 0.4) is 0 Å². The summed E-state index contributed by atoms with van der Waals surface area (Å²) < 4.78 is 6.35. The van der Waals surface area contributed by atoms with E-state index in [9.17, 15) is 4.79 Å². The van der Waals surface area contributed by atoms with Gasteiger partial charge in [0, 0.05) is 34.5 Å². The highest BCUT2D eigenvalue weighted by Crippen LogP contribution is 2.25. The summed E-state index contributed by atoms with van der Waals surface area (Å²) in [6, 6.07) is 11.9. The van der Waals surface area contributed by atoms with Gasteiger partial charge >= 0.3 is 0 Å². The number of rotatable bonds is 5. The average molecular weight is 395 g/mol. The molecule has 122 valence electrons. The largest absolute Gasteiger partial charge is 0.379 e. The third-order valence-corrected chi connectivity index (χ3v) is 5.37. The number of halogens is 1. The molecule has 1 amide bonds. The first-order valence-electron chi connectivity index (χ1n) is 7.63. The van der Waals surface area contributed by atoms with Crippen molar-refractivity contribution in [3.8, 4) is 0 Å². The number of amides is 1. The van der Waals surface area contributed by atoms with Crippen LogP contribution in [-0.2, 0) is 4.74 Å². The zero-order chi connectivity index (χ0) is 16.1. The summed E-state index contributed by atoms with van der Waals surface area (Å²) in [5.74, 6) is -0.0406. The van der Waals surface area contributed by atoms with Crippen molar-refractivity contribution in [3.63, 3.8) is 0 Å². The molecule has 1 aromatic carbocycles. The van der Waals surface area contributed by atoms with Crippen LogP contribution in [0.2, 0.25) is 0 Å². The standard InChI is InChI=1S/C17H19BrN2O2S/c18-14-4-1-3-13(11-14)17(21)19-12-15(16-5-2-10-23-16)20-6-8-22-9-7-20/h1-5,10-11,15H,6-9,12H2,(H,19,21). The van der Waals surface area contributed by atoms with Gasteiger partial charge in [-0.3, -0.25) is 9.69 Å². The maximum absolute atomic E-state index is 12.4. The summed E-state index contributed by atoms with van der Waals surface area (Å²) in [5, 5.41) is 5.16. The summed E-state index contributed by atoms with van der Waals surface area (Å²) in [5.41, 5.74) is 0.672. The monoisotopic (exact) mass is 394 g/mol. The molecule has 0 spiro atoms. The molecule has 1 aromatic heterocycles. The number of nitrogens with zero attached hydrogens (tertiary/aromatic N) is 1. The Morgan fingerprint density at radius 3 is 2.83 bits per heavy atom. The van der Waals surface area contributed by atoms with Gasteiger partial charge in [-0.05, 0) is 29.6 Å². The molecule has 1 N–H and O–H groups in total. The molecule has 1 atom stereocenters. The molecule has 3 rings (SSSR count). The third-order valence-electron chi connectivity index (χ3n) is 3.90. The number of morpholine rings is 1. The van der Waals surface area contributed by atoms with E-state index in [1.807, 2.05) is 24.3 Å². The Balaban J connectivity index is 1.67. The number of hydrogen-bond acceptors (Lipinski definition) is 4. The predicted molar refractivity (Wildman–Crippen MR) is 95.9 cm³/mol. The van der Waals surface area contributed by atoms with Crippen LogP contribution in [0.25, 0.3) is 0 Å². The molecule has 1 saturated heterocycles. The van der Waals surface area contributed by atoms with Gasteiger partial charge in [0.1, 0.15) is 0 Å². The van der Waals surface area contributed by atoms with Crippen LogP contribution in [-0.4, -0.2) is 43.7 Å². The van der Waals surface area contributed by atoms with Crippen LogP contribution in [0.15, 0.2) is 46.3 Å². The van der Waals surface area contributed by atoms with Gasteiger partial charge in [-0.15, -0.1) is 11.3 Å². The van der Waals surface area contributed by atoms with Crippen molar-refractivity contribution in [2.45, 2.75) is 6.04 Å². The Kier molecular flexibility index (Phi) is 5.83. The molecule has 4 nitrogen and oxygen atoms in total. The molecule has 0 aliphatic carbocycles. The normalized spacial score (nSPS) is 16.9. The Bertz CT molecular complexity index is 642. The molecule has 6 heteroatoms. The Morgan fingerprint density at radius 1 is 1.30 bits per heavy atom. The number of benzene rings is 1. The van der Waals surface area contributed by atoms with Gasteiger partial charge in [0.25, 0.3) is 5.91 Å². The predicted octanol–water partition coefficient (Wildman–Crippen LogP) is 3.31. The second-order valence-corrected chi connectivity index (χ2v) is 7.29. The second-order valence-electron chi connectivity index (χ2n) is 5.40. The third kappa shape index (κ3) is 4.41. The highest BCUT2D eigenvalue weighted by molar-refractivity contribution is 9.10. The Morgan fingerprint density at radius 2 is 2.13 bits per heavy atom. The fraction of sp³-hybridized carbons (Fsp3) is 0.353. The van der Waals surface area contributed by atoms with Gasteiger partial charge in [-0.1, -0.05) is 28.1 Å². The van der Waals surface area contributed by atoms with E-state index in [1.165, 1.54) is 4.88 Å². The van der Waals surface area contributed by atoms with Gasteiger partial charge in [0.2, 0.25) is 0 Å². The molecule has 1 aliphatic rings. The van der Waals surface area contributed by atoms with Crippen LogP contribution in [0.5, 0.6) is 0 Å². The topological polar surface area (TPSA) is 41.6 Å². The van der Waals surface area contributed by atoms with E-state index in [4.69, 9.17) is 4.74 Å². The number of hydrogen-bond donors (Lipinski definition) is 1. The zero-order valence-electron chi connectivity index (χ0n) is 12.7. The molecule has 0 bridgehead atoms. The smallest absolute Gasteiger partial charge is 0.251 e. The number of thiophene rings is 1. The van der Waals surface area contributed by atoms with Crippen LogP contribution >= 0.6 is 27.3 Å². The van der Waals surface area contributed by atoms with E-state index < -0.39 is 0 Å². The number of ether oxygens (including phenoxy) is 1. The van der Waals surface area contributed by atoms with Crippen molar-refractivity contribution in [1.29, 1.82) is 0 Å². The van der Waals surface area contributed by atoms with E-state index in [-0.39, 0.29) is 11.9 Å². The zero-order valence-corrected chi connectivity index (χ0v) is 15.1. The SMILES string of the molecule is O=C(NCC(c1cccs1)N1CCOCC1)c1cccc(Br)c1. The minimum Gasteiger partial charge on any atom is -0.379 e. The highest BCUT2D eigenvalue weighted by atomic mass is 79.9. The maximum atomic E-state index is 12.4. The quantitative estimate of drug-likeness (QED) is 0.845. The summed E-state index contributed by atoms with van der Waals surface area (Å²) in [6.45, 7) is 3.90. The molecule has 1 aliphatic heterocycles. The molecular formula is C17H19BrN2O2S. The van der Waals surface area contributed by atoms with Crippen molar-refractivity contribution in [2.75, 3.05) is 32.8 Å². The lowest BCUT2D eigenvalue weighted by Crippen LogP contribution is -2.43. The van der Waals surface area contributed by atoms with E-state index in [0.29, 0.717) is 12.1 Å². The first-order chi connectivity index (χ1) is 11.2. The maximum Gasteiger partial charge on any atom is 0.251 e. The van der Waals surface area contributed by atoms with Gasteiger partial charge < -0.3 is 10.1 Å². The van der Waals surface area contributed by atoms with Crippen molar-refractivity contribution in [3.05, 3.63) is 56.7 Å². The minimum atomic E-state index is -0.0406. The molecule has 1 fully saturated rings. The fourth-order valence-electron chi connectivity index (χ4n) is 2.70. The minimum absolute atomic E-state index is 0.0406. The van der Waals surface area contributed by atoms with Gasteiger partial charge in [0.15, 0.2) is 0 Å². The highest BCUT2D eigenvalue weighted by Gasteiger charge is 2.24. The molecule has 2 heterocycles. The number of carbonyl (C=O) groups excluding carboxylic acids is 1. The average Bonchev–Trinajstić information content (AvgIpc) is 3.10. The lowest BCUT2D eigenvalue weighted by atomic mass is 10.1. The molecule has 23 heavy (non-hydrogen) atoms. The first kappa shape index (κ1) is 16.6. The molecule has 0 radical (unpaired) electrons. The number of carbonyl (C=O) groups is 1. The van der Waals surface area contributed by atoms with Crippen LogP contribution < -0.4 is 5.32 Å². The number of nitrogens with one attached hydrogen (secondary N) is 1. The van der Waals surface area contributed by atoms with Crippen LogP contribution in [0.1, 0.15) is 21.3 Å². The van der Waals surface area contributed by atoms with E-state index in [1.54, 1.807) is 11.3 Å². The van der Waals surface area contributed by atoms with Crippen LogP contribution in [0, 0.1) is 0 Å². The van der Waals surface area contributed by atoms with Crippen molar-refractivity contribution < 1.29 is 9.53 Å². The first-order valence-corrected chi connectivity index (χ1v) is 9.30. The molecule has 1 unspecified atom stereocenters. The Hall–Kier alpha value is -1.21. The summed E-state index contributed by atoms with van der Waals surface area (Å²) in [7, 11) is 0. The van der Waals surface area contributed by atoms with Gasteiger partial charge in [-0.25, -0.2) is 0 Å². The van der Waals surface area contributed by atoms with Gasteiger partial charge in [0.05, 0.1) is 19.3 Å². The molecule has 0 saturated carbocycles. The summed E-state index contributed by atoms with van der Waals surface area (Å²) in [4.78, 5) is 16.0. The van der Waals surface area contributed by atoms with Crippen molar-refractivity contribution >= 4 is 33.2 Å². The summed E-state index contributed by atoms with van der Waals surface area (Å²) in [6.07, 6.45) is 0. The summed E-state index contributed by atoms with van der Waals surface area (Å²) >= 11 is 5.14. The lowest BCUT2D eigenvalue weighted by molar-refractivity contribution is 0.0169. The van der Waals surface area contributed by atoms with E-state index >= 15 is 0 Å². The molecule has 2 aromatic rings. The van der Waals surface area contributed by atoms with Crippen molar-refractivity contribution in [1.82, 2.24) is 10.2 Å². The Labute approximate surface area is 148 Å². The van der Waals surface area contributed by atoms with Gasteiger partial charge in [-0.2, -0.15) is 0 Å².